The SMILES string of the molecule is CN(CCc1ccncc1)S(=O)(=O)c1ccc(CO)o1. The van der Waals surface area contributed by atoms with E-state index in [2.05, 4.69) is 4.98 Å². The highest BCUT2D eigenvalue weighted by Crippen LogP contribution is 2.18. The number of aliphatic hydroxyl groups excluding tert-OH is 1. The summed E-state index contributed by atoms with van der Waals surface area (Å²) in [6.45, 7) is 0.0117. The third kappa shape index (κ3) is 3.24. The van der Waals surface area contributed by atoms with Gasteiger partial charge < -0.3 is 9.52 Å². The van der Waals surface area contributed by atoms with E-state index in [1.807, 2.05) is 12.1 Å². The normalized spacial score (nSPS) is 11.9. The van der Waals surface area contributed by atoms with Gasteiger partial charge in [0, 0.05) is 26.0 Å². The van der Waals surface area contributed by atoms with Crippen LogP contribution in [0.1, 0.15) is 11.3 Å². The summed E-state index contributed by atoms with van der Waals surface area (Å²) in [6, 6.07) is 6.49. The van der Waals surface area contributed by atoms with Crippen molar-refractivity contribution in [3.8, 4) is 0 Å². The van der Waals surface area contributed by atoms with Crippen LogP contribution in [0, 0.1) is 0 Å². The van der Waals surface area contributed by atoms with Crippen molar-refractivity contribution in [1.29, 1.82) is 0 Å². The number of nitrogens with zero attached hydrogens (tertiary/aromatic N) is 2. The Balaban J connectivity index is 2.05. The molecular weight excluding hydrogens is 280 g/mol. The maximum Gasteiger partial charge on any atom is 0.276 e. The Morgan fingerprint density at radius 1 is 1.25 bits per heavy atom. The smallest absolute Gasteiger partial charge is 0.276 e. The first-order valence-electron chi connectivity index (χ1n) is 6.09. The molecule has 6 nitrogen and oxygen atoms in total. The molecule has 0 amide bonds. The van der Waals surface area contributed by atoms with E-state index in [0.717, 1.165) is 5.56 Å². The average molecular weight is 296 g/mol. The van der Waals surface area contributed by atoms with E-state index in [-0.39, 0.29) is 17.5 Å². The number of hydrogen-bond donors (Lipinski definition) is 1. The minimum absolute atomic E-state index is 0.154. The maximum absolute atomic E-state index is 12.2. The van der Waals surface area contributed by atoms with Gasteiger partial charge in [0.15, 0.2) is 0 Å². The summed E-state index contributed by atoms with van der Waals surface area (Å²) < 4.78 is 30.8. The highest BCUT2D eigenvalue weighted by Gasteiger charge is 2.24. The Hall–Kier alpha value is -1.70. The van der Waals surface area contributed by atoms with Crippen LogP contribution in [-0.2, 0) is 23.1 Å². The second kappa shape index (κ2) is 6.17. The minimum atomic E-state index is -3.66. The maximum atomic E-state index is 12.2. The fourth-order valence-corrected chi connectivity index (χ4v) is 2.78. The Kier molecular flexibility index (Phi) is 4.53. The van der Waals surface area contributed by atoms with Crippen LogP contribution < -0.4 is 0 Å². The van der Waals surface area contributed by atoms with Gasteiger partial charge in [-0.3, -0.25) is 4.98 Å². The molecule has 0 radical (unpaired) electrons. The van der Waals surface area contributed by atoms with Crippen LogP contribution in [0.4, 0.5) is 0 Å². The molecule has 7 heteroatoms. The second-order valence-corrected chi connectivity index (χ2v) is 6.29. The first kappa shape index (κ1) is 14.7. The molecule has 0 aliphatic carbocycles. The summed E-state index contributed by atoms with van der Waals surface area (Å²) in [4.78, 5) is 3.91. The first-order valence-corrected chi connectivity index (χ1v) is 7.53. The summed E-state index contributed by atoms with van der Waals surface area (Å²) in [6.07, 6.45) is 3.93. The molecule has 0 aromatic carbocycles. The molecule has 0 fully saturated rings. The van der Waals surface area contributed by atoms with Crippen molar-refractivity contribution in [1.82, 2.24) is 9.29 Å². The Morgan fingerprint density at radius 3 is 2.55 bits per heavy atom. The molecule has 2 aromatic rings. The molecule has 20 heavy (non-hydrogen) atoms. The van der Waals surface area contributed by atoms with E-state index in [0.29, 0.717) is 13.0 Å². The fraction of sp³-hybridized carbons (Fsp3) is 0.308. The molecule has 0 bridgehead atoms. The molecule has 0 unspecified atom stereocenters. The van der Waals surface area contributed by atoms with Crippen LogP contribution in [0.25, 0.3) is 0 Å². The molecule has 108 valence electrons. The van der Waals surface area contributed by atoms with Crippen LogP contribution >= 0.6 is 0 Å². The van der Waals surface area contributed by atoms with Crippen LogP contribution in [-0.4, -0.2) is 36.4 Å². The van der Waals surface area contributed by atoms with Crippen molar-refractivity contribution in [2.75, 3.05) is 13.6 Å². The van der Waals surface area contributed by atoms with Gasteiger partial charge in [0.25, 0.3) is 10.0 Å². The molecule has 0 aliphatic heterocycles. The van der Waals surface area contributed by atoms with E-state index >= 15 is 0 Å². The standard InChI is InChI=1S/C13H16N2O4S/c1-15(9-6-11-4-7-14-8-5-11)20(17,18)13-3-2-12(10-16)19-13/h2-5,7-8,16H,6,9-10H2,1H3. The zero-order chi connectivity index (χ0) is 14.6. The zero-order valence-corrected chi connectivity index (χ0v) is 11.9. The lowest BCUT2D eigenvalue weighted by molar-refractivity contribution is 0.235. The largest absolute Gasteiger partial charge is 0.446 e. The van der Waals surface area contributed by atoms with Gasteiger partial charge in [-0.1, -0.05) is 0 Å². The highest BCUT2D eigenvalue weighted by molar-refractivity contribution is 7.89. The van der Waals surface area contributed by atoms with Gasteiger partial charge >= 0.3 is 0 Å². The summed E-state index contributed by atoms with van der Waals surface area (Å²) in [7, 11) is -2.16. The third-order valence-electron chi connectivity index (χ3n) is 2.92. The molecule has 2 rings (SSSR count). The molecular formula is C13H16N2O4S. The number of aliphatic hydroxyl groups is 1. The quantitative estimate of drug-likeness (QED) is 0.860. The number of hydrogen-bond acceptors (Lipinski definition) is 5. The predicted molar refractivity (Wildman–Crippen MR) is 72.4 cm³/mol. The van der Waals surface area contributed by atoms with E-state index in [9.17, 15) is 8.42 Å². The number of pyridine rings is 1. The van der Waals surface area contributed by atoms with Crippen LogP contribution in [0.15, 0.2) is 46.2 Å². The lowest BCUT2D eigenvalue weighted by Gasteiger charge is -2.15. The van der Waals surface area contributed by atoms with E-state index < -0.39 is 10.0 Å². The van der Waals surface area contributed by atoms with Crippen LogP contribution in [0.3, 0.4) is 0 Å². The van der Waals surface area contributed by atoms with Gasteiger partial charge in [-0.2, -0.15) is 4.31 Å². The number of aromatic nitrogens is 1. The van der Waals surface area contributed by atoms with Gasteiger partial charge in [-0.15, -0.1) is 0 Å². The average Bonchev–Trinajstić information content (AvgIpc) is 2.95. The zero-order valence-electron chi connectivity index (χ0n) is 11.1. The molecule has 0 spiro atoms. The van der Waals surface area contributed by atoms with Crippen molar-refractivity contribution >= 4 is 10.0 Å². The van der Waals surface area contributed by atoms with Gasteiger partial charge in [0.05, 0.1) is 0 Å². The van der Waals surface area contributed by atoms with Crippen LogP contribution in [0.5, 0.6) is 0 Å². The molecule has 0 atom stereocenters. The van der Waals surface area contributed by atoms with E-state index in [4.69, 9.17) is 9.52 Å². The Morgan fingerprint density at radius 2 is 1.95 bits per heavy atom. The molecule has 2 aromatic heterocycles. The minimum Gasteiger partial charge on any atom is -0.446 e. The van der Waals surface area contributed by atoms with Crippen molar-refractivity contribution in [3.05, 3.63) is 48.0 Å². The van der Waals surface area contributed by atoms with Gasteiger partial charge in [-0.05, 0) is 36.2 Å². The van der Waals surface area contributed by atoms with Crippen molar-refractivity contribution < 1.29 is 17.9 Å². The van der Waals surface area contributed by atoms with Gasteiger partial charge in [0.1, 0.15) is 12.4 Å². The van der Waals surface area contributed by atoms with Gasteiger partial charge in [-0.25, -0.2) is 8.42 Å². The molecule has 0 saturated heterocycles. The number of rotatable bonds is 6. The third-order valence-corrected chi connectivity index (χ3v) is 4.65. The molecule has 0 aliphatic rings. The Labute approximate surface area is 117 Å². The van der Waals surface area contributed by atoms with E-state index in [1.54, 1.807) is 12.4 Å². The van der Waals surface area contributed by atoms with E-state index in [1.165, 1.54) is 23.5 Å². The summed E-state index contributed by atoms with van der Waals surface area (Å²) in [5.74, 6) is 0.228. The summed E-state index contributed by atoms with van der Waals surface area (Å²) in [5, 5.41) is 8.75. The number of sulfonamides is 1. The van der Waals surface area contributed by atoms with Crippen molar-refractivity contribution in [2.45, 2.75) is 18.1 Å². The van der Waals surface area contributed by atoms with Crippen molar-refractivity contribution in [2.24, 2.45) is 0 Å². The lowest BCUT2D eigenvalue weighted by Crippen LogP contribution is -2.28. The number of furan rings is 1. The fourth-order valence-electron chi connectivity index (χ4n) is 1.69. The summed E-state index contributed by atoms with van der Waals surface area (Å²) in [5.41, 5.74) is 1.01. The second-order valence-electron chi connectivity index (χ2n) is 4.31. The monoisotopic (exact) mass is 296 g/mol. The highest BCUT2D eigenvalue weighted by atomic mass is 32.2. The summed E-state index contributed by atoms with van der Waals surface area (Å²) >= 11 is 0. The van der Waals surface area contributed by atoms with Crippen LogP contribution in [0.2, 0.25) is 0 Å². The van der Waals surface area contributed by atoms with Crippen molar-refractivity contribution in [3.63, 3.8) is 0 Å². The predicted octanol–water partition coefficient (Wildman–Crippen LogP) is 1.03. The van der Waals surface area contributed by atoms with Gasteiger partial charge in [0.2, 0.25) is 5.09 Å². The molecule has 1 N–H and O–H groups in total. The lowest BCUT2D eigenvalue weighted by atomic mass is 10.2. The topological polar surface area (TPSA) is 83.6 Å². The molecule has 0 saturated carbocycles. The Bertz CT molecular complexity index is 652. The first-order chi connectivity index (χ1) is 9.54. The number of likely N-dealkylation sites (N-methyl/N-ethyl adjacent to an activating group) is 1. The molecule has 2 heterocycles.